The molecule has 0 radical (unpaired) electrons. The molecule has 1 atom stereocenters. The van der Waals surface area contributed by atoms with E-state index in [1.807, 2.05) is 30.7 Å². The Morgan fingerprint density at radius 1 is 1.38 bits per heavy atom. The summed E-state index contributed by atoms with van der Waals surface area (Å²) in [5.74, 6) is -1.53. The first-order valence-electron chi connectivity index (χ1n) is 7.09. The quantitative estimate of drug-likeness (QED) is 0.888. The number of benzene rings is 1. The smallest absolute Gasteiger partial charge is 0.311 e. The highest BCUT2D eigenvalue weighted by molar-refractivity contribution is 6.31. The van der Waals surface area contributed by atoms with Gasteiger partial charge in [-0.15, -0.1) is 0 Å². The molecule has 2 aromatic rings. The van der Waals surface area contributed by atoms with E-state index in [9.17, 15) is 9.90 Å². The highest BCUT2D eigenvalue weighted by Crippen LogP contribution is 2.28. The number of carbonyl (C=O) groups is 1. The van der Waals surface area contributed by atoms with Crippen LogP contribution in [-0.4, -0.2) is 20.9 Å². The molecule has 1 N–H and O–H groups in total. The molecule has 0 aliphatic rings. The van der Waals surface area contributed by atoms with Crippen LogP contribution in [0.4, 0.5) is 0 Å². The highest BCUT2D eigenvalue weighted by atomic mass is 35.5. The molecular formula is C16H19ClN2O2. The van der Waals surface area contributed by atoms with Crippen molar-refractivity contribution < 1.29 is 9.90 Å². The van der Waals surface area contributed by atoms with Crippen LogP contribution in [0.5, 0.6) is 0 Å². The summed E-state index contributed by atoms with van der Waals surface area (Å²) in [6.45, 7) is 4.76. The molecule has 0 saturated heterocycles. The van der Waals surface area contributed by atoms with E-state index in [0.29, 0.717) is 17.0 Å². The summed E-state index contributed by atoms with van der Waals surface area (Å²) in [7, 11) is 0. The van der Waals surface area contributed by atoms with Gasteiger partial charge in [0.05, 0.1) is 11.6 Å². The van der Waals surface area contributed by atoms with Gasteiger partial charge in [0.1, 0.15) is 0 Å². The Hall–Kier alpha value is -1.81. The van der Waals surface area contributed by atoms with E-state index in [2.05, 4.69) is 5.10 Å². The molecule has 0 amide bonds. The van der Waals surface area contributed by atoms with E-state index >= 15 is 0 Å². The van der Waals surface area contributed by atoms with Crippen molar-refractivity contribution in [1.82, 2.24) is 9.78 Å². The van der Waals surface area contributed by atoms with Crippen LogP contribution in [0, 0.1) is 0 Å². The van der Waals surface area contributed by atoms with Crippen molar-refractivity contribution in [1.29, 1.82) is 0 Å². The molecule has 0 saturated carbocycles. The molecule has 2 rings (SSSR count). The predicted octanol–water partition coefficient (Wildman–Crippen LogP) is 3.53. The van der Waals surface area contributed by atoms with Crippen LogP contribution in [0.1, 0.15) is 36.7 Å². The number of hydrogen-bond acceptors (Lipinski definition) is 2. The molecule has 0 bridgehead atoms. The Labute approximate surface area is 129 Å². The van der Waals surface area contributed by atoms with E-state index in [1.165, 1.54) is 0 Å². The fourth-order valence-electron chi connectivity index (χ4n) is 2.42. The Morgan fingerprint density at radius 2 is 2.10 bits per heavy atom. The third kappa shape index (κ3) is 3.45. The lowest BCUT2D eigenvalue weighted by molar-refractivity contribution is -0.138. The van der Waals surface area contributed by atoms with Gasteiger partial charge >= 0.3 is 5.97 Å². The number of aromatic nitrogens is 2. The van der Waals surface area contributed by atoms with Gasteiger partial charge in [-0.2, -0.15) is 5.10 Å². The van der Waals surface area contributed by atoms with Crippen LogP contribution in [0.25, 0.3) is 0 Å². The zero-order chi connectivity index (χ0) is 15.4. The van der Waals surface area contributed by atoms with E-state index < -0.39 is 11.9 Å². The average molecular weight is 307 g/mol. The second-order valence-corrected chi connectivity index (χ2v) is 5.32. The molecule has 0 aliphatic heterocycles. The summed E-state index contributed by atoms with van der Waals surface area (Å²) in [6, 6.07) is 9.09. The molecule has 0 aliphatic carbocycles. The summed E-state index contributed by atoms with van der Waals surface area (Å²) in [5, 5.41) is 14.5. The number of nitrogens with zero attached hydrogens (tertiary/aromatic N) is 2. The van der Waals surface area contributed by atoms with Crippen molar-refractivity contribution in [3.8, 4) is 0 Å². The third-order valence-electron chi connectivity index (χ3n) is 3.57. The summed E-state index contributed by atoms with van der Waals surface area (Å²) in [5.41, 5.74) is 2.56. The zero-order valence-corrected chi connectivity index (χ0v) is 13.0. The van der Waals surface area contributed by atoms with Gasteiger partial charge < -0.3 is 5.11 Å². The first kappa shape index (κ1) is 15.6. The van der Waals surface area contributed by atoms with Crippen LogP contribution in [0.3, 0.4) is 0 Å². The van der Waals surface area contributed by atoms with Crippen molar-refractivity contribution in [3.63, 3.8) is 0 Å². The third-order valence-corrected chi connectivity index (χ3v) is 3.91. The van der Waals surface area contributed by atoms with Gasteiger partial charge in [0.25, 0.3) is 0 Å². The fraction of sp³-hybridized carbons (Fsp3) is 0.375. The molecule has 0 fully saturated rings. The number of aryl methyl sites for hydroxylation is 2. The lowest BCUT2D eigenvalue weighted by Gasteiger charge is -2.15. The van der Waals surface area contributed by atoms with Crippen molar-refractivity contribution in [2.24, 2.45) is 0 Å². The maximum absolute atomic E-state index is 11.6. The monoisotopic (exact) mass is 306 g/mol. The molecule has 1 aromatic carbocycles. The maximum atomic E-state index is 11.6. The largest absolute Gasteiger partial charge is 0.481 e. The number of rotatable bonds is 6. The lowest BCUT2D eigenvalue weighted by atomic mass is 9.94. The van der Waals surface area contributed by atoms with Gasteiger partial charge in [0, 0.05) is 23.7 Å². The average Bonchev–Trinajstić information content (AvgIpc) is 2.87. The van der Waals surface area contributed by atoms with E-state index in [4.69, 9.17) is 11.6 Å². The topological polar surface area (TPSA) is 55.1 Å². The zero-order valence-electron chi connectivity index (χ0n) is 12.2. The van der Waals surface area contributed by atoms with Crippen LogP contribution >= 0.6 is 11.6 Å². The minimum absolute atomic E-state index is 0.389. The summed E-state index contributed by atoms with van der Waals surface area (Å²) in [4.78, 5) is 11.6. The molecule has 112 valence electrons. The summed E-state index contributed by atoms with van der Waals surface area (Å²) >= 11 is 6.15. The van der Waals surface area contributed by atoms with Crippen LogP contribution in [0.2, 0.25) is 5.02 Å². The van der Waals surface area contributed by atoms with Gasteiger partial charge in [-0.25, -0.2) is 0 Å². The van der Waals surface area contributed by atoms with Crippen LogP contribution in [-0.2, 0) is 24.2 Å². The van der Waals surface area contributed by atoms with Gasteiger partial charge in [0.15, 0.2) is 0 Å². The van der Waals surface area contributed by atoms with E-state index in [0.717, 1.165) is 24.4 Å². The summed E-state index contributed by atoms with van der Waals surface area (Å²) < 4.78 is 1.87. The molecule has 4 nitrogen and oxygen atoms in total. The number of carboxylic acid groups (broad SMARTS) is 1. The first-order valence-corrected chi connectivity index (χ1v) is 7.47. The maximum Gasteiger partial charge on any atom is 0.311 e. The Bertz CT molecular complexity index is 637. The van der Waals surface area contributed by atoms with Crippen molar-refractivity contribution in [2.45, 2.75) is 39.2 Å². The standard InChI is InChI=1S/C16H19ClN2O2/c1-3-11-9-12(19(4-2)18-11)10-14(16(20)21)13-7-5-6-8-15(13)17/h5-9,14H,3-4,10H2,1-2H3,(H,20,21). The number of aliphatic carboxylic acids is 1. The van der Waals surface area contributed by atoms with Crippen LogP contribution < -0.4 is 0 Å². The molecule has 5 heteroatoms. The first-order chi connectivity index (χ1) is 10.1. The molecule has 1 unspecified atom stereocenters. The Kier molecular flexibility index (Phi) is 5.02. The Balaban J connectivity index is 2.35. The van der Waals surface area contributed by atoms with Crippen molar-refractivity contribution in [2.75, 3.05) is 0 Å². The molecule has 1 aromatic heterocycles. The molecule has 21 heavy (non-hydrogen) atoms. The van der Waals surface area contributed by atoms with E-state index in [1.54, 1.807) is 18.2 Å². The van der Waals surface area contributed by atoms with E-state index in [-0.39, 0.29) is 0 Å². The number of carboxylic acids is 1. The van der Waals surface area contributed by atoms with Gasteiger partial charge in [-0.05, 0) is 31.0 Å². The number of halogens is 1. The summed E-state index contributed by atoms with van der Waals surface area (Å²) in [6.07, 6.45) is 1.23. The highest BCUT2D eigenvalue weighted by Gasteiger charge is 2.24. The number of hydrogen-bond donors (Lipinski definition) is 1. The van der Waals surface area contributed by atoms with Crippen molar-refractivity contribution >= 4 is 17.6 Å². The van der Waals surface area contributed by atoms with Gasteiger partial charge in [-0.3, -0.25) is 9.48 Å². The van der Waals surface area contributed by atoms with Crippen LogP contribution in [0.15, 0.2) is 30.3 Å². The molecule has 0 spiro atoms. The molecule has 1 heterocycles. The minimum atomic E-state index is -0.870. The second-order valence-electron chi connectivity index (χ2n) is 4.91. The predicted molar refractivity (Wildman–Crippen MR) is 82.8 cm³/mol. The van der Waals surface area contributed by atoms with Gasteiger partial charge in [-0.1, -0.05) is 36.7 Å². The Morgan fingerprint density at radius 3 is 2.67 bits per heavy atom. The molecular weight excluding hydrogens is 288 g/mol. The fourth-order valence-corrected chi connectivity index (χ4v) is 2.69. The minimum Gasteiger partial charge on any atom is -0.481 e. The lowest BCUT2D eigenvalue weighted by Crippen LogP contribution is -2.17. The van der Waals surface area contributed by atoms with Crippen molar-refractivity contribution in [3.05, 3.63) is 52.3 Å². The SMILES string of the molecule is CCc1cc(CC(C(=O)O)c2ccccc2Cl)n(CC)n1. The normalized spacial score (nSPS) is 12.3. The second kappa shape index (κ2) is 6.76. The van der Waals surface area contributed by atoms with Gasteiger partial charge in [0.2, 0.25) is 0 Å².